The molecule has 0 unspecified atom stereocenters. The van der Waals surface area contributed by atoms with Gasteiger partial charge in [0.15, 0.2) is 0 Å². The lowest BCUT2D eigenvalue weighted by Gasteiger charge is -2.04. The fourth-order valence-electron chi connectivity index (χ4n) is 0.951. The van der Waals surface area contributed by atoms with Crippen molar-refractivity contribution in [1.29, 1.82) is 0 Å². The summed E-state index contributed by atoms with van der Waals surface area (Å²) >= 11 is 4.78. The molecule has 0 heterocycles. The summed E-state index contributed by atoms with van der Waals surface area (Å²) in [5.41, 5.74) is 6.66. The second-order valence-corrected chi connectivity index (χ2v) is 3.09. The summed E-state index contributed by atoms with van der Waals surface area (Å²) in [4.78, 5) is 11.1. The topological polar surface area (TPSA) is 75.3 Å². The number of aliphatic hydroxyl groups is 1. The second-order valence-electron chi connectivity index (χ2n) is 2.65. The van der Waals surface area contributed by atoms with Gasteiger partial charge in [-0.15, -0.1) is 0 Å². The van der Waals surface area contributed by atoms with Crippen LogP contribution in [0.3, 0.4) is 0 Å². The molecule has 5 heteroatoms. The molecule has 14 heavy (non-hydrogen) atoms. The lowest BCUT2D eigenvalue weighted by atomic mass is 10.2. The molecule has 0 bridgehead atoms. The molecule has 0 saturated carbocycles. The molecule has 1 aromatic carbocycles. The summed E-state index contributed by atoms with van der Waals surface area (Å²) in [6, 6.07) is 6.81. The molecule has 4 nitrogen and oxygen atoms in total. The van der Waals surface area contributed by atoms with Crippen LogP contribution in [0.2, 0.25) is 0 Å². The van der Waals surface area contributed by atoms with Crippen LogP contribution in [0.4, 0.5) is 5.69 Å². The van der Waals surface area contributed by atoms with Gasteiger partial charge < -0.3 is 16.2 Å². The fourth-order valence-corrected chi connectivity index (χ4v) is 1.08. The van der Waals surface area contributed by atoms with Gasteiger partial charge in [-0.05, 0) is 12.1 Å². The highest BCUT2D eigenvalue weighted by atomic mass is 32.1. The molecule has 4 N–H and O–H groups in total. The highest BCUT2D eigenvalue weighted by Gasteiger charge is 2.01. The largest absolute Gasteiger partial charge is 0.389 e. The van der Waals surface area contributed by atoms with E-state index < -0.39 is 12.5 Å². The first-order valence-corrected chi connectivity index (χ1v) is 4.35. The highest BCUT2D eigenvalue weighted by molar-refractivity contribution is 7.80. The Kier molecular flexibility index (Phi) is 3.55. The average Bonchev–Trinajstić information content (AvgIpc) is 2.18. The molecular weight excluding hydrogens is 200 g/mol. The zero-order chi connectivity index (χ0) is 10.6. The number of rotatable bonds is 3. The van der Waals surface area contributed by atoms with Crippen LogP contribution < -0.4 is 11.1 Å². The second kappa shape index (κ2) is 4.69. The van der Waals surface area contributed by atoms with Gasteiger partial charge in [0.2, 0.25) is 5.91 Å². The quantitative estimate of drug-likeness (QED) is 0.625. The SMILES string of the molecule is NC(=S)c1cccc(NC(=O)CO)c1. The minimum Gasteiger partial charge on any atom is -0.389 e. The number of carbonyl (C=O) groups is 1. The van der Waals surface area contributed by atoms with Crippen molar-refractivity contribution in [3.8, 4) is 0 Å². The molecule has 0 aliphatic heterocycles. The van der Waals surface area contributed by atoms with Crippen molar-refractivity contribution in [3.05, 3.63) is 29.8 Å². The summed E-state index contributed by atoms with van der Waals surface area (Å²) in [5, 5.41) is 11.0. The van der Waals surface area contributed by atoms with Gasteiger partial charge in [0.1, 0.15) is 11.6 Å². The predicted octanol–water partition coefficient (Wildman–Crippen LogP) is 0.252. The lowest BCUT2D eigenvalue weighted by molar-refractivity contribution is -0.118. The van der Waals surface area contributed by atoms with E-state index in [1.807, 2.05) is 0 Å². The van der Waals surface area contributed by atoms with Gasteiger partial charge in [-0.3, -0.25) is 4.79 Å². The number of nitrogens with one attached hydrogen (secondary N) is 1. The third kappa shape index (κ3) is 2.79. The molecule has 74 valence electrons. The highest BCUT2D eigenvalue weighted by Crippen LogP contribution is 2.10. The molecule has 0 aliphatic rings. The smallest absolute Gasteiger partial charge is 0.250 e. The number of amides is 1. The Morgan fingerprint density at radius 2 is 2.29 bits per heavy atom. The summed E-state index contributed by atoms with van der Waals surface area (Å²) in [6.07, 6.45) is 0. The van der Waals surface area contributed by atoms with Crippen LogP contribution in [-0.2, 0) is 4.79 Å². The molecule has 1 amide bonds. The van der Waals surface area contributed by atoms with Gasteiger partial charge in [-0.25, -0.2) is 0 Å². The van der Waals surface area contributed by atoms with Crippen molar-refractivity contribution in [1.82, 2.24) is 0 Å². The Morgan fingerprint density at radius 3 is 2.86 bits per heavy atom. The number of hydrogen-bond donors (Lipinski definition) is 3. The fraction of sp³-hybridized carbons (Fsp3) is 0.111. The molecule has 1 rings (SSSR count). The molecule has 0 aliphatic carbocycles. The minimum atomic E-state index is -0.544. The predicted molar refractivity (Wildman–Crippen MR) is 58.0 cm³/mol. The monoisotopic (exact) mass is 210 g/mol. The van der Waals surface area contributed by atoms with E-state index in [1.54, 1.807) is 24.3 Å². The van der Waals surface area contributed by atoms with Crippen molar-refractivity contribution in [2.24, 2.45) is 5.73 Å². The van der Waals surface area contributed by atoms with E-state index in [1.165, 1.54) is 0 Å². The lowest BCUT2D eigenvalue weighted by Crippen LogP contribution is -2.16. The third-order valence-electron chi connectivity index (χ3n) is 1.57. The maximum atomic E-state index is 10.8. The van der Waals surface area contributed by atoms with E-state index in [0.717, 1.165) is 0 Å². The molecule has 0 fully saturated rings. The number of nitrogens with two attached hydrogens (primary N) is 1. The van der Waals surface area contributed by atoms with Crippen LogP contribution in [-0.4, -0.2) is 22.6 Å². The molecule has 0 saturated heterocycles. The molecule has 0 aromatic heterocycles. The van der Waals surface area contributed by atoms with Gasteiger partial charge in [0.05, 0.1) is 0 Å². The van der Waals surface area contributed by atoms with Gasteiger partial charge in [-0.1, -0.05) is 24.4 Å². The molecule has 0 atom stereocenters. The summed E-state index contributed by atoms with van der Waals surface area (Å²) in [6.45, 7) is -0.544. The Balaban J connectivity index is 2.83. The first-order valence-electron chi connectivity index (χ1n) is 3.94. The summed E-state index contributed by atoms with van der Waals surface area (Å²) < 4.78 is 0. The van der Waals surface area contributed by atoms with Crippen molar-refractivity contribution in [2.75, 3.05) is 11.9 Å². The van der Waals surface area contributed by atoms with E-state index in [-0.39, 0.29) is 4.99 Å². The summed E-state index contributed by atoms with van der Waals surface area (Å²) in [5.74, 6) is -0.468. The number of hydrogen-bond acceptors (Lipinski definition) is 3. The van der Waals surface area contributed by atoms with Crippen LogP contribution in [0.5, 0.6) is 0 Å². The number of anilines is 1. The van der Waals surface area contributed by atoms with E-state index in [4.69, 9.17) is 23.1 Å². The van der Waals surface area contributed by atoms with E-state index in [0.29, 0.717) is 11.3 Å². The van der Waals surface area contributed by atoms with Gasteiger partial charge in [-0.2, -0.15) is 0 Å². The molecule has 0 spiro atoms. The van der Waals surface area contributed by atoms with E-state index in [9.17, 15) is 4.79 Å². The minimum absolute atomic E-state index is 0.269. The Morgan fingerprint density at radius 1 is 1.57 bits per heavy atom. The maximum Gasteiger partial charge on any atom is 0.250 e. The van der Waals surface area contributed by atoms with Crippen LogP contribution in [0.1, 0.15) is 5.56 Å². The Labute approximate surface area is 86.7 Å². The van der Waals surface area contributed by atoms with Gasteiger partial charge in [0.25, 0.3) is 0 Å². The number of carbonyl (C=O) groups excluding carboxylic acids is 1. The van der Waals surface area contributed by atoms with Crippen molar-refractivity contribution in [2.45, 2.75) is 0 Å². The average molecular weight is 210 g/mol. The van der Waals surface area contributed by atoms with Gasteiger partial charge >= 0.3 is 0 Å². The van der Waals surface area contributed by atoms with Crippen LogP contribution in [0.25, 0.3) is 0 Å². The number of thiocarbonyl (C=S) groups is 1. The number of benzene rings is 1. The van der Waals surface area contributed by atoms with Crippen molar-refractivity contribution in [3.63, 3.8) is 0 Å². The van der Waals surface area contributed by atoms with Gasteiger partial charge in [0, 0.05) is 11.3 Å². The zero-order valence-corrected chi connectivity index (χ0v) is 8.17. The van der Waals surface area contributed by atoms with E-state index >= 15 is 0 Å². The maximum absolute atomic E-state index is 10.8. The zero-order valence-electron chi connectivity index (χ0n) is 7.36. The van der Waals surface area contributed by atoms with Crippen LogP contribution in [0, 0.1) is 0 Å². The number of aliphatic hydroxyl groups excluding tert-OH is 1. The Hall–Kier alpha value is -1.46. The molecule has 0 radical (unpaired) electrons. The first kappa shape index (κ1) is 10.6. The Bertz CT molecular complexity index is 366. The third-order valence-corrected chi connectivity index (χ3v) is 1.81. The summed E-state index contributed by atoms with van der Waals surface area (Å²) in [7, 11) is 0. The van der Waals surface area contributed by atoms with Crippen molar-refractivity contribution >= 4 is 28.8 Å². The van der Waals surface area contributed by atoms with Crippen molar-refractivity contribution < 1.29 is 9.90 Å². The molecular formula is C9H10N2O2S. The normalized spacial score (nSPS) is 9.50. The molecule has 1 aromatic rings. The van der Waals surface area contributed by atoms with E-state index in [2.05, 4.69) is 5.32 Å². The van der Waals surface area contributed by atoms with Crippen LogP contribution >= 0.6 is 12.2 Å². The van der Waals surface area contributed by atoms with Crippen LogP contribution in [0.15, 0.2) is 24.3 Å². The standard InChI is InChI=1S/C9H10N2O2S/c10-9(14)6-2-1-3-7(4-6)11-8(13)5-12/h1-4,12H,5H2,(H2,10,14)(H,11,13). The first-order chi connectivity index (χ1) is 6.63.